The first-order valence-corrected chi connectivity index (χ1v) is 3.64. The van der Waals surface area contributed by atoms with Gasteiger partial charge in [-0.15, -0.1) is 0 Å². The molecule has 11 heavy (non-hydrogen) atoms. The maximum Gasteiger partial charge on any atom is 0.105 e. The predicted molar refractivity (Wildman–Crippen MR) is 44.0 cm³/mol. The van der Waals surface area contributed by atoms with Crippen LogP contribution >= 0.6 is 0 Å². The third kappa shape index (κ3) is 2.37. The number of nitrogens with zero attached hydrogens (tertiary/aromatic N) is 1. The molecule has 1 aromatic rings. The highest BCUT2D eigenvalue weighted by Gasteiger charge is 1.99. The molecule has 0 aliphatic carbocycles. The van der Waals surface area contributed by atoms with E-state index in [-0.39, 0.29) is 0 Å². The monoisotopic (exact) mass is 154 g/mol. The van der Waals surface area contributed by atoms with Gasteiger partial charge in [-0.05, 0) is 13.0 Å². The Kier molecular flexibility index (Phi) is 2.68. The standard InChI is InChI=1S/C8H14N2O/c1-7-8(4-5-11-7)6-9-10(2)3/h4-5,9H,6H2,1-3H3. The molecule has 0 aromatic carbocycles. The Balaban J connectivity index is 2.44. The number of nitrogens with one attached hydrogen (secondary N) is 1. The molecule has 0 fully saturated rings. The molecule has 1 N–H and O–H groups in total. The second-order valence-electron chi connectivity index (χ2n) is 2.73. The van der Waals surface area contributed by atoms with E-state index < -0.39 is 0 Å². The maximum absolute atomic E-state index is 5.14. The third-order valence-corrected chi connectivity index (χ3v) is 1.55. The van der Waals surface area contributed by atoms with Crippen molar-refractivity contribution in [2.75, 3.05) is 14.1 Å². The first-order chi connectivity index (χ1) is 5.20. The van der Waals surface area contributed by atoms with Crippen LogP contribution in [0, 0.1) is 6.92 Å². The van der Waals surface area contributed by atoms with E-state index in [1.165, 1.54) is 5.56 Å². The number of furan rings is 1. The molecular weight excluding hydrogens is 140 g/mol. The fourth-order valence-corrected chi connectivity index (χ4v) is 0.838. The molecular formula is C8H14N2O. The van der Waals surface area contributed by atoms with Crippen LogP contribution in [0.25, 0.3) is 0 Å². The van der Waals surface area contributed by atoms with Crippen LogP contribution < -0.4 is 5.43 Å². The smallest absolute Gasteiger partial charge is 0.105 e. The zero-order valence-corrected chi connectivity index (χ0v) is 7.22. The molecule has 0 spiro atoms. The van der Waals surface area contributed by atoms with Crippen molar-refractivity contribution in [3.63, 3.8) is 0 Å². The molecule has 0 amide bonds. The van der Waals surface area contributed by atoms with Crippen LogP contribution in [-0.4, -0.2) is 19.1 Å². The van der Waals surface area contributed by atoms with E-state index in [1.807, 2.05) is 32.1 Å². The van der Waals surface area contributed by atoms with Gasteiger partial charge >= 0.3 is 0 Å². The molecule has 0 aliphatic rings. The molecule has 0 unspecified atom stereocenters. The fraction of sp³-hybridized carbons (Fsp3) is 0.500. The van der Waals surface area contributed by atoms with Gasteiger partial charge in [0.2, 0.25) is 0 Å². The second kappa shape index (κ2) is 3.55. The van der Waals surface area contributed by atoms with Crippen molar-refractivity contribution in [2.24, 2.45) is 0 Å². The molecule has 1 aromatic heterocycles. The molecule has 0 aliphatic heterocycles. The van der Waals surface area contributed by atoms with E-state index in [9.17, 15) is 0 Å². The average molecular weight is 154 g/mol. The van der Waals surface area contributed by atoms with Gasteiger partial charge in [-0.1, -0.05) is 0 Å². The summed E-state index contributed by atoms with van der Waals surface area (Å²) in [7, 11) is 3.94. The van der Waals surface area contributed by atoms with Crippen LogP contribution in [0.4, 0.5) is 0 Å². The van der Waals surface area contributed by atoms with Crippen molar-refractivity contribution in [3.8, 4) is 0 Å². The minimum Gasteiger partial charge on any atom is -0.469 e. The highest BCUT2D eigenvalue weighted by molar-refractivity contribution is 5.14. The topological polar surface area (TPSA) is 28.4 Å². The van der Waals surface area contributed by atoms with Crippen LogP contribution in [0.5, 0.6) is 0 Å². The summed E-state index contributed by atoms with van der Waals surface area (Å²) in [6.07, 6.45) is 1.71. The van der Waals surface area contributed by atoms with Gasteiger partial charge in [0.15, 0.2) is 0 Å². The summed E-state index contributed by atoms with van der Waals surface area (Å²) in [4.78, 5) is 0. The Morgan fingerprint density at radius 3 is 2.73 bits per heavy atom. The minimum absolute atomic E-state index is 0.829. The summed E-state index contributed by atoms with van der Waals surface area (Å²) < 4.78 is 5.14. The zero-order chi connectivity index (χ0) is 8.27. The summed E-state index contributed by atoms with van der Waals surface area (Å²) in [6, 6.07) is 1.98. The number of rotatable bonds is 3. The number of hydrogen-bond acceptors (Lipinski definition) is 3. The molecule has 1 rings (SSSR count). The predicted octanol–water partition coefficient (Wildman–Crippen LogP) is 1.15. The number of aryl methyl sites for hydroxylation is 1. The summed E-state index contributed by atoms with van der Waals surface area (Å²) >= 11 is 0. The van der Waals surface area contributed by atoms with E-state index in [0.29, 0.717) is 0 Å². The van der Waals surface area contributed by atoms with E-state index >= 15 is 0 Å². The fourth-order valence-electron chi connectivity index (χ4n) is 0.838. The zero-order valence-electron chi connectivity index (χ0n) is 7.22. The Labute approximate surface area is 67.0 Å². The lowest BCUT2D eigenvalue weighted by Gasteiger charge is -2.10. The van der Waals surface area contributed by atoms with Crippen LogP contribution in [-0.2, 0) is 6.54 Å². The lowest BCUT2D eigenvalue weighted by Crippen LogP contribution is -2.29. The highest BCUT2D eigenvalue weighted by Crippen LogP contribution is 2.07. The first kappa shape index (κ1) is 8.30. The van der Waals surface area contributed by atoms with Crippen molar-refractivity contribution in [1.29, 1.82) is 0 Å². The first-order valence-electron chi connectivity index (χ1n) is 3.64. The van der Waals surface area contributed by atoms with Gasteiger partial charge in [-0.2, -0.15) is 0 Å². The molecule has 3 heteroatoms. The van der Waals surface area contributed by atoms with Gasteiger partial charge in [-0.3, -0.25) is 10.4 Å². The van der Waals surface area contributed by atoms with Crippen LogP contribution in [0.1, 0.15) is 11.3 Å². The lowest BCUT2D eigenvalue weighted by molar-refractivity contribution is 0.285. The van der Waals surface area contributed by atoms with Gasteiger partial charge in [0.05, 0.1) is 6.26 Å². The quantitative estimate of drug-likeness (QED) is 0.662. The van der Waals surface area contributed by atoms with Crippen LogP contribution in [0.2, 0.25) is 0 Å². The van der Waals surface area contributed by atoms with Gasteiger partial charge in [0.25, 0.3) is 0 Å². The summed E-state index contributed by atoms with van der Waals surface area (Å²) in [5.74, 6) is 0.986. The molecule has 3 nitrogen and oxygen atoms in total. The summed E-state index contributed by atoms with van der Waals surface area (Å²) in [5.41, 5.74) is 4.37. The Hall–Kier alpha value is -0.800. The van der Waals surface area contributed by atoms with E-state index in [1.54, 1.807) is 6.26 Å². The maximum atomic E-state index is 5.14. The van der Waals surface area contributed by atoms with E-state index in [2.05, 4.69) is 5.43 Å². The number of hydrazine groups is 1. The Morgan fingerprint density at radius 1 is 1.55 bits per heavy atom. The lowest BCUT2D eigenvalue weighted by atomic mass is 10.3. The Morgan fingerprint density at radius 2 is 2.27 bits per heavy atom. The van der Waals surface area contributed by atoms with E-state index in [4.69, 9.17) is 4.42 Å². The van der Waals surface area contributed by atoms with Gasteiger partial charge in [0, 0.05) is 26.2 Å². The van der Waals surface area contributed by atoms with Crippen molar-refractivity contribution >= 4 is 0 Å². The van der Waals surface area contributed by atoms with Gasteiger partial charge in [-0.25, -0.2) is 0 Å². The third-order valence-electron chi connectivity index (χ3n) is 1.55. The van der Waals surface area contributed by atoms with Crippen molar-refractivity contribution in [1.82, 2.24) is 10.4 Å². The summed E-state index contributed by atoms with van der Waals surface area (Å²) in [6.45, 7) is 2.79. The SMILES string of the molecule is Cc1occc1CNN(C)C. The number of hydrogen-bond donors (Lipinski definition) is 1. The highest BCUT2D eigenvalue weighted by atomic mass is 16.3. The largest absolute Gasteiger partial charge is 0.469 e. The Bertz CT molecular complexity index is 218. The molecule has 1 heterocycles. The second-order valence-corrected chi connectivity index (χ2v) is 2.73. The van der Waals surface area contributed by atoms with E-state index in [0.717, 1.165) is 12.3 Å². The minimum atomic E-state index is 0.829. The molecule has 0 saturated carbocycles. The van der Waals surface area contributed by atoms with Crippen molar-refractivity contribution in [2.45, 2.75) is 13.5 Å². The molecule has 0 radical (unpaired) electrons. The molecule has 0 saturated heterocycles. The molecule has 0 atom stereocenters. The summed E-state index contributed by atoms with van der Waals surface area (Å²) in [5, 5.41) is 1.92. The van der Waals surface area contributed by atoms with Crippen LogP contribution in [0.15, 0.2) is 16.7 Å². The normalized spacial score (nSPS) is 10.9. The van der Waals surface area contributed by atoms with Crippen molar-refractivity contribution < 1.29 is 4.42 Å². The van der Waals surface area contributed by atoms with Gasteiger partial charge < -0.3 is 4.42 Å². The van der Waals surface area contributed by atoms with Gasteiger partial charge in [0.1, 0.15) is 5.76 Å². The van der Waals surface area contributed by atoms with Crippen molar-refractivity contribution in [3.05, 3.63) is 23.7 Å². The molecule has 62 valence electrons. The average Bonchev–Trinajstić information content (AvgIpc) is 2.31. The van der Waals surface area contributed by atoms with Crippen LogP contribution in [0.3, 0.4) is 0 Å². The molecule has 0 bridgehead atoms.